The Hall–Kier alpha value is -2.50. The summed E-state index contributed by atoms with van der Waals surface area (Å²) in [4.78, 5) is 11.8. The van der Waals surface area contributed by atoms with E-state index in [2.05, 4.69) is 27.8 Å². The summed E-state index contributed by atoms with van der Waals surface area (Å²) in [6.45, 7) is 3.37. The number of H-pyrrole nitrogens is 1. The normalized spacial score (nSPS) is 10.2. The van der Waals surface area contributed by atoms with Crippen LogP contribution in [0.15, 0.2) is 36.7 Å². The van der Waals surface area contributed by atoms with E-state index < -0.39 is 0 Å². The van der Waals surface area contributed by atoms with Gasteiger partial charge in [-0.3, -0.25) is 5.10 Å². The van der Waals surface area contributed by atoms with E-state index in [1.807, 2.05) is 30.5 Å². The molecule has 0 unspecified atom stereocenters. The number of aromatic nitrogens is 2. The summed E-state index contributed by atoms with van der Waals surface area (Å²) in [5.41, 5.74) is 1.78. The zero-order valence-corrected chi connectivity index (χ0v) is 12.8. The predicted octanol–water partition coefficient (Wildman–Crippen LogP) is 2.95. The van der Waals surface area contributed by atoms with Crippen molar-refractivity contribution in [1.82, 2.24) is 15.5 Å². The van der Waals surface area contributed by atoms with Crippen LogP contribution in [0.25, 0.3) is 0 Å². The Labute approximate surface area is 130 Å². The van der Waals surface area contributed by atoms with Crippen LogP contribution in [0.4, 0.5) is 10.5 Å². The van der Waals surface area contributed by atoms with Gasteiger partial charge in [0.25, 0.3) is 0 Å². The first kappa shape index (κ1) is 15.9. The van der Waals surface area contributed by atoms with Crippen molar-refractivity contribution in [2.24, 2.45) is 0 Å². The Morgan fingerprint density at radius 2 is 2.32 bits per heavy atom. The molecule has 1 heterocycles. The van der Waals surface area contributed by atoms with E-state index in [9.17, 15) is 4.79 Å². The second kappa shape index (κ2) is 8.71. The molecule has 118 valence electrons. The number of urea groups is 1. The van der Waals surface area contributed by atoms with Crippen LogP contribution >= 0.6 is 0 Å². The fourth-order valence-corrected chi connectivity index (χ4v) is 1.91. The molecule has 0 atom stereocenters. The summed E-state index contributed by atoms with van der Waals surface area (Å²) < 4.78 is 5.62. The van der Waals surface area contributed by atoms with Gasteiger partial charge in [0, 0.05) is 24.5 Å². The van der Waals surface area contributed by atoms with Crippen LogP contribution in [-0.4, -0.2) is 29.4 Å². The number of carbonyl (C=O) groups excluding carboxylic acids is 1. The molecule has 0 spiro atoms. The fourth-order valence-electron chi connectivity index (χ4n) is 1.91. The van der Waals surface area contributed by atoms with E-state index in [1.54, 1.807) is 6.20 Å². The standard InChI is InChI=1S/C16H22N4O2/c1-2-3-9-22-15-6-4-5-14(10-15)20-16(21)17-8-7-13-11-18-19-12-13/h4-6,10-12H,2-3,7-9H2,1H3,(H,18,19)(H2,17,20,21). The van der Waals surface area contributed by atoms with Gasteiger partial charge in [0.15, 0.2) is 0 Å². The fraction of sp³-hybridized carbons (Fsp3) is 0.375. The number of nitrogens with zero attached hydrogens (tertiary/aromatic N) is 1. The highest BCUT2D eigenvalue weighted by Crippen LogP contribution is 2.17. The molecule has 1 aromatic heterocycles. The maximum absolute atomic E-state index is 11.8. The SMILES string of the molecule is CCCCOc1cccc(NC(=O)NCCc2cn[nH]c2)c1. The predicted molar refractivity (Wildman–Crippen MR) is 86.2 cm³/mol. The van der Waals surface area contributed by atoms with Crippen LogP contribution in [0.1, 0.15) is 25.3 Å². The van der Waals surface area contributed by atoms with Gasteiger partial charge in [-0.05, 0) is 30.5 Å². The summed E-state index contributed by atoms with van der Waals surface area (Å²) in [5, 5.41) is 12.2. The van der Waals surface area contributed by atoms with E-state index in [4.69, 9.17) is 4.74 Å². The smallest absolute Gasteiger partial charge is 0.319 e. The molecule has 0 fully saturated rings. The highest BCUT2D eigenvalue weighted by atomic mass is 16.5. The van der Waals surface area contributed by atoms with Gasteiger partial charge in [0.1, 0.15) is 5.75 Å². The van der Waals surface area contributed by atoms with Crippen molar-refractivity contribution in [2.45, 2.75) is 26.2 Å². The third-order valence-corrected chi connectivity index (χ3v) is 3.11. The summed E-state index contributed by atoms with van der Waals surface area (Å²) in [6.07, 6.45) is 6.42. The van der Waals surface area contributed by atoms with Gasteiger partial charge < -0.3 is 15.4 Å². The minimum atomic E-state index is -0.228. The number of rotatable bonds is 8. The number of aromatic amines is 1. The third-order valence-electron chi connectivity index (χ3n) is 3.11. The Balaban J connectivity index is 1.74. The molecule has 0 bridgehead atoms. The molecule has 1 aromatic carbocycles. The molecule has 0 aliphatic rings. The van der Waals surface area contributed by atoms with Crippen LogP contribution in [-0.2, 0) is 6.42 Å². The quantitative estimate of drug-likeness (QED) is 0.656. The van der Waals surface area contributed by atoms with Gasteiger partial charge in [-0.15, -0.1) is 0 Å². The van der Waals surface area contributed by atoms with Crippen molar-refractivity contribution in [3.63, 3.8) is 0 Å². The third kappa shape index (κ3) is 5.47. The molecule has 2 rings (SSSR count). The van der Waals surface area contributed by atoms with Gasteiger partial charge in [-0.25, -0.2) is 4.79 Å². The first-order chi connectivity index (χ1) is 10.8. The van der Waals surface area contributed by atoms with Crippen molar-refractivity contribution in [2.75, 3.05) is 18.5 Å². The molecule has 0 saturated carbocycles. The minimum absolute atomic E-state index is 0.228. The average molecular weight is 302 g/mol. The average Bonchev–Trinajstić information content (AvgIpc) is 3.01. The Kier molecular flexibility index (Phi) is 6.29. The molecular formula is C16H22N4O2. The number of carbonyl (C=O) groups is 1. The molecular weight excluding hydrogens is 280 g/mol. The molecule has 6 heteroatoms. The highest BCUT2D eigenvalue weighted by molar-refractivity contribution is 5.89. The zero-order chi connectivity index (χ0) is 15.6. The number of amides is 2. The second-order valence-electron chi connectivity index (χ2n) is 4.97. The summed E-state index contributed by atoms with van der Waals surface area (Å²) >= 11 is 0. The number of nitrogens with one attached hydrogen (secondary N) is 3. The Morgan fingerprint density at radius 1 is 1.41 bits per heavy atom. The molecule has 22 heavy (non-hydrogen) atoms. The molecule has 2 aromatic rings. The van der Waals surface area contributed by atoms with Gasteiger partial charge in [0.05, 0.1) is 12.8 Å². The molecule has 0 saturated heterocycles. The maximum atomic E-state index is 11.8. The molecule has 2 amide bonds. The zero-order valence-electron chi connectivity index (χ0n) is 12.8. The summed E-state index contributed by atoms with van der Waals surface area (Å²) in [6, 6.07) is 7.18. The number of hydrogen-bond donors (Lipinski definition) is 3. The molecule has 0 aliphatic carbocycles. The molecule has 0 radical (unpaired) electrons. The highest BCUT2D eigenvalue weighted by Gasteiger charge is 2.03. The number of benzene rings is 1. The number of hydrogen-bond acceptors (Lipinski definition) is 3. The maximum Gasteiger partial charge on any atom is 0.319 e. The number of anilines is 1. The minimum Gasteiger partial charge on any atom is -0.494 e. The lowest BCUT2D eigenvalue weighted by molar-refractivity contribution is 0.252. The Bertz CT molecular complexity index is 569. The summed E-state index contributed by atoms with van der Waals surface area (Å²) in [7, 11) is 0. The van der Waals surface area contributed by atoms with Crippen molar-refractivity contribution in [3.8, 4) is 5.75 Å². The first-order valence-electron chi connectivity index (χ1n) is 7.53. The largest absolute Gasteiger partial charge is 0.494 e. The van der Waals surface area contributed by atoms with Crippen molar-refractivity contribution in [3.05, 3.63) is 42.2 Å². The lowest BCUT2D eigenvalue weighted by atomic mass is 10.2. The monoisotopic (exact) mass is 302 g/mol. The van der Waals surface area contributed by atoms with Crippen LogP contribution in [0.5, 0.6) is 5.75 Å². The molecule has 3 N–H and O–H groups in total. The lowest BCUT2D eigenvalue weighted by Crippen LogP contribution is -2.30. The van der Waals surface area contributed by atoms with Gasteiger partial charge in [-0.1, -0.05) is 19.4 Å². The van der Waals surface area contributed by atoms with Crippen LogP contribution in [0, 0.1) is 0 Å². The number of unbranched alkanes of at least 4 members (excludes halogenated alkanes) is 1. The molecule has 0 aliphatic heterocycles. The van der Waals surface area contributed by atoms with Crippen molar-refractivity contribution in [1.29, 1.82) is 0 Å². The van der Waals surface area contributed by atoms with Crippen LogP contribution in [0.3, 0.4) is 0 Å². The van der Waals surface area contributed by atoms with E-state index in [-0.39, 0.29) is 6.03 Å². The molecule has 6 nitrogen and oxygen atoms in total. The van der Waals surface area contributed by atoms with E-state index in [0.29, 0.717) is 13.2 Å². The van der Waals surface area contributed by atoms with Crippen molar-refractivity contribution >= 4 is 11.7 Å². The topological polar surface area (TPSA) is 79.0 Å². The van der Waals surface area contributed by atoms with Crippen LogP contribution < -0.4 is 15.4 Å². The second-order valence-corrected chi connectivity index (χ2v) is 4.97. The number of ether oxygens (including phenoxy) is 1. The van der Waals surface area contributed by atoms with E-state index in [0.717, 1.165) is 36.3 Å². The van der Waals surface area contributed by atoms with Crippen LogP contribution in [0.2, 0.25) is 0 Å². The van der Waals surface area contributed by atoms with Gasteiger partial charge in [-0.2, -0.15) is 5.10 Å². The summed E-state index contributed by atoms with van der Waals surface area (Å²) in [5.74, 6) is 0.768. The van der Waals surface area contributed by atoms with Gasteiger partial charge in [0.2, 0.25) is 0 Å². The van der Waals surface area contributed by atoms with Gasteiger partial charge >= 0.3 is 6.03 Å². The first-order valence-corrected chi connectivity index (χ1v) is 7.53. The van der Waals surface area contributed by atoms with Crippen molar-refractivity contribution < 1.29 is 9.53 Å². The van der Waals surface area contributed by atoms with E-state index >= 15 is 0 Å². The lowest BCUT2D eigenvalue weighted by Gasteiger charge is -2.09. The Morgan fingerprint density at radius 3 is 3.09 bits per heavy atom. The van der Waals surface area contributed by atoms with E-state index in [1.165, 1.54) is 0 Å².